The zero-order valence-corrected chi connectivity index (χ0v) is 6.50. The Morgan fingerprint density at radius 1 is 1.64 bits per heavy atom. The smallest absolute Gasteiger partial charge is 0.164 e. The maximum absolute atomic E-state index is 5.31. The molecule has 0 bridgehead atoms. The molecule has 5 nitrogen and oxygen atoms in total. The standard InChI is InChI=1S/C6H12N4O/c1-2-11-4-6-8-5(3-7)9-10-6/h2-4,7H2,1H3,(H,8,9,10). The number of H-pyrrole nitrogens is 1. The summed E-state index contributed by atoms with van der Waals surface area (Å²) in [6.07, 6.45) is 0. The summed E-state index contributed by atoms with van der Waals surface area (Å²) in [5.41, 5.74) is 5.31. The van der Waals surface area contributed by atoms with Gasteiger partial charge in [0, 0.05) is 6.61 Å². The number of aromatic nitrogens is 3. The first-order chi connectivity index (χ1) is 5.36. The summed E-state index contributed by atoms with van der Waals surface area (Å²) in [6.45, 7) is 3.45. The van der Waals surface area contributed by atoms with Crippen LogP contribution in [0.4, 0.5) is 0 Å². The summed E-state index contributed by atoms with van der Waals surface area (Å²) in [7, 11) is 0. The van der Waals surface area contributed by atoms with Gasteiger partial charge in [-0.3, -0.25) is 5.10 Å². The van der Waals surface area contributed by atoms with Gasteiger partial charge in [-0.1, -0.05) is 0 Å². The molecule has 0 amide bonds. The van der Waals surface area contributed by atoms with Gasteiger partial charge in [-0.05, 0) is 6.92 Å². The highest BCUT2D eigenvalue weighted by Gasteiger charge is 1.99. The van der Waals surface area contributed by atoms with Gasteiger partial charge in [-0.25, -0.2) is 4.98 Å². The van der Waals surface area contributed by atoms with E-state index in [0.29, 0.717) is 25.6 Å². The van der Waals surface area contributed by atoms with Crippen LogP contribution in [-0.2, 0) is 17.9 Å². The maximum atomic E-state index is 5.31. The molecule has 1 heterocycles. The van der Waals surface area contributed by atoms with Crippen LogP contribution in [0.25, 0.3) is 0 Å². The minimum Gasteiger partial charge on any atom is -0.374 e. The van der Waals surface area contributed by atoms with Gasteiger partial charge in [0.15, 0.2) is 11.6 Å². The molecule has 1 rings (SSSR count). The second kappa shape index (κ2) is 4.05. The van der Waals surface area contributed by atoms with Crippen LogP contribution in [0.2, 0.25) is 0 Å². The van der Waals surface area contributed by atoms with E-state index in [9.17, 15) is 0 Å². The zero-order valence-electron chi connectivity index (χ0n) is 6.50. The van der Waals surface area contributed by atoms with Crippen molar-refractivity contribution in [2.45, 2.75) is 20.1 Å². The normalized spacial score (nSPS) is 10.4. The molecule has 1 aromatic rings. The van der Waals surface area contributed by atoms with Crippen LogP contribution in [0.5, 0.6) is 0 Å². The lowest BCUT2D eigenvalue weighted by Gasteiger charge is -1.93. The predicted octanol–water partition coefficient (Wildman–Crippen LogP) is -0.200. The molecule has 0 saturated carbocycles. The van der Waals surface area contributed by atoms with Gasteiger partial charge < -0.3 is 10.5 Å². The molecule has 0 fully saturated rings. The number of hydrogen-bond donors (Lipinski definition) is 2. The Morgan fingerprint density at radius 2 is 2.45 bits per heavy atom. The minimum absolute atomic E-state index is 0.364. The Balaban J connectivity index is 2.44. The Labute approximate surface area is 65.0 Å². The number of hydrogen-bond acceptors (Lipinski definition) is 4. The molecule has 0 aromatic carbocycles. The van der Waals surface area contributed by atoms with E-state index < -0.39 is 0 Å². The molecule has 1 aromatic heterocycles. The van der Waals surface area contributed by atoms with Gasteiger partial charge in [0.05, 0.1) is 6.54 Å². The molecule has 5 heteroatoms. The zero-order chi connectivity index (χ0) is 8.10. The fraction of sp³-hybridized carbons (Fsp3) is 0.667. The Morgan fingerprint density at radius 3 is 3.00 bits per heavy atom. The van der Waals surface area contributed by atoms with Crippen molar-refractivity contribution < 1.29 is 4.74 Å². The highest BCUT2D eigenvalue weighted by Crippen LogP contribution is 1.93. The number of nitrogens with two attached hydrogens (primary N) is 1. The van der Waals surface area contributed by atoms with Crippen molar-refractivity contribution >= 4 is 0 Å². The lowest BCUT2D eigenvalue weighted by Crippen LogP contribution is -1.98. The fourth-order valence-electron chi connectivity index (χ4n) is 0.689. The minimum atomic E-state index is 0.364. The monoisotopic (exact) mass is 156 g/mol. The van der Waals surface area contributed by atoms with Crippen LogP contribution < -0.4 is 5.73 Å². The van der Waals surface area contributed by atoms with Gasteiger partial charge in [-0.2, -0.15) is 5.10 Å². The number of nitrogens with zero attached hydrogens (tertiary/aromatic N) is 2. The molecule has 0 unspecified atom stereocenters. The Hall–Kier alpha value is -0.940. The second-order valence-corrected chi connectivity index (χ2v) is 2.04. The molecule has 0 aliphatic heterocycles. The SMILES string of the molecule is CCOCc1nc(CN)n[nH]1. The van der Waals surface area contributed by atoms with E-state index in [2.05, 4.69) is 15.2 Å². The van der Waals surface area contributed by atoms with E-state index in [1.165, 1.54) is 0 Å². The summed E-state index contributed by atoms with van der Waals surface area (Å²) in [5, 5.41) is 6.57. The van der Waals surface area contributed by atoms with Crippen molar-refractivity contribution in [3.8, 4) is 0 Å². The third-order valence-electron chi connectivity index (χ3n) is 1.20. The van der Waals surface area contributed by atoms with E-state index in [1.54, 1.807) is 0 Å². The van der Waals surface area contributed by atoms with E-state index >= 15 is 0 Å². The quantitative estimate of drug-likeness (QED) is 0.633. The van der Waals surface area contributed by atoms with Crippen molar-refractivity contribution in [3.63, 3.8) is 0 Å². The lowest BCUT2D eigenvalue weighted by atomic mass is 10.6. The summed E-state index contributed by atoms with van der Waals surface area (Å²) in [5.74, 6) is 1.35. The molecule has 62 valence electrons. The highest BCUT2D eigenvalue weighted by molar-refractivity contribution is 4.87. The average Bonchev–Trinajstić information content (AvgIpc) is 2.48. The molecule has 0 atom stereocenters. The van der Waals surface area contributed by atoms with E-state index in [1.807, 2.05) is 6.92 Å². The largest absolute Gasteiger partial charge is 0.374 e. The lowest BCUT2D eigenvalue weighted by molar-refractivity contribution is 0.128. The van der Waals surface area contributed by atoms with E-state index in [-0.39, 0.29) is 0 Å². The molecule has 11 heavy (non-hydrogen) atoms. The van der Waals surface area contributed by atoms with Gasteiger partial charge in [0.2, 0.25) is 0 Å². The Kier molecular flexibility index (Phi) is 3.00. The maximum Gasteiger partial charge on any atom is 0.164 e. The number of aromatic amines is 1. The molecule has 0 radical (unpaired) electrons. The van der Waals surface area contributed by atoms with Crippen LogP contribution in [-0.4, -0.2) is 21.8 Å². The third-order valence-corrected chi connectivity index (χ3v) is 1.20. The Bertz CT molecular complexity index is 210. The van der Waals surface area contributed by atoms with Crippen LogP contribution in [0.15, 0.2) is 0 Å². The summed E-state index contributed by atoms with van der Waals surface area (Å²) >= 11 is 0. The number of nitrogens with one attached hydrogen (secondary N) is 1. The van der Waals surface area contributed by atoms with Crippen LogP contribution in [0.3, 0.4) is 0 Å². The molecular weight excluding hydrogens is 144 g/mol. The molecule has 0 aliphatic carbocycles. The summed E-state index contributed by atoms with van der Waals surface area (Å²) < 4.78 is 5.10. The van der Waals surface area contributed by atoms with Gasteiger partial charge >= 0.3 is 0 Å². The first-order valence-corrected chi connectivity index (χ1v) is 3.54. The number of rotatable bonds is 4. The van der Waals surface area contributed by atoms with Crippen LogP contribution in [0.1, 0.15) is 18.6 Å². The van der Waals surface area contributed by atoms with E-state index in [4.69, 9.17) is 10.5 Å². The highest BCUT2D eigenvalue weighted by atomic mass is 16.5. The van der Waals surface area contributed by atoms with Crippen molar-refractivity contribution in [2.75, 3.05) is 6.61 Å². The summed E-state index contributed by atoms with van der Waals surface area (Å²) in [6, 6.07) is 0. The third kappa shape index (κ3) is 2.28. The fourth-order valence-corrected chi connectivity index (χ4v) is 0.689. The number of ether oxygens (including phenoxy) is 1. The van der Waals surface area contributed by atoms with Crippen molar-refractivity contribution in [1.29, 1.82) is 0 Å². The van der Waals surface area contributed by atoms with Gasteiger partial charge in [0.1, 0.15) is 6.61 Å². The molecule has 3 N–H and O–H groups in total. The molecule has 0 saturated heterocycles. The summed E-state index contributed by atoms with van der Waals surface area (Å²) in [4.78, 5) is 4.05. The van der Waals surface area contributed by atoms with Crippen molar-refractivity contribution in [3.05, 3.63) is 11.6 Å². The topological polar surface area (TPSA) is 76.8 Å². The van der Waals surface area contributed by atoms with E-state index in [0.717, 1.165) is 5.82 Å². The van der Waals surface area contributed by atoms with Gasteiger partial charge in [0.25, 0.3) is 0 Å². The molecular formula is C6H12N4O. The van der Waals surface area contributed by atoms with Crippen LogP contribution >= 0.6 is 0 Å². The first kappa shape index (κ1) is 8.16. The van der Waals surface area contributed by atoms with Gasteiger partial charge in [-0.15, -0.1) is 0 Å². The molecule has 0 spiro atoms. The predicted molar refractivity (Wildman–Crippen MR) is 39.6 cm³/mol. The van der Waals surface area contributed by atoms with Crippen LogP contribution in [0, 0.1) is 0 Å². The van der Waals surface area contributed by atoms with Crippen molar-refractivity contribution in [2.24, 2.45) is 5.73 Å². The van der Waals surface area contributed by atoms with Crippen molar-refractivity contribution in [1.82, 2.24) is 15.2 Å². The first-order valence-electron chi connectivity index (χ1n) is 3.54. The molecule has 0 aliphatic rings. The second-order valence-electron chi connectivity index (χ2n) is 2.04. The average molecular weight is 156 g/mol.